The second-order valence-corrected chi connectivity index (χ2v) is 4.97. The van der Waals surface area contributed by atoms with Gasteiger partial charge in [0.15, 0.2) is 0 Å². The van der Waals surface area contributed by atoms with Gasteiger partial charge in [-0.3, -0.25) is 0 Å². The Morgan fingerprint density at radius 1 is 1.11 bits per heavy atom. The molecule has 19 heavy (non-hydrogen) atoms. The van der Waals surface area contributed by atoms with Gasteiger partial charge in [0.05, 0.1) is 10.5 Å². The minimum atomic E-state index is -0.318. The molecule has 0 aliphatic carbocycles. The lowest BCUT2D eigenvalue weighted by molar-refractivity contribution is 0.618. The van der Waals surface area contributed by atoms with Crippen LogP contribution in [-0.4, -0.2) is 6.54 Å². The first-order valence-electron chi connectivity index (χ1n) is 5.77. The van der Waals surface area contributed by atoms with Crippen molar-refractivity contribution in [2.45, 2.75) is 6.04 Å². The first-order chi connectivity index (χ1) is 9.10. The van der Waals surface area contributed by atoms with Crippen LogP contribution in [0.3, 0.4) is 0 Å². The van der Waals surface area contributed by atoms with Gasteiger partial charge in [-0.15, -0.1) is 0 Å². The van der Waals surface area contributed by atoms with Gasteiger partial charge < -0.3 is 11.1 Å². The Labute approximate surface area is 118 Å². The third-order valence-electron chi connectivity index (χ3n) is 2.77. The predicted octanol–water partition coefficient (Wildman–Crippen LogP) is 3.84. The maximum atomic E-state index is 13.2. The van der Waals surface area contributed by atoms with Crippen molar-refractivity contribution in [3.63, 3.8) is 0 Å². The van der Waals surface area contributed by atoms with Crippen LogP contribution in [0.15, 0.2) is 46.9 Å². The first-order valence-corrected chi connectivity index (χ1v) is 6.56. The van der Waals surface area contributed by atoms with E-state index in [-0.39, 0.29) is 17.7 Å². The Morgan fingerprint density at radius 2 is 1.79 bits per heavy atom. The number of anilines is 1. The van der Waals surface area contributed by atoms with E-state index in [1.807, 2.05) is 0 Å². The SMILES string of the molecule is NCC(Nc1ccc(F)cc1)c1ccc(F)c(Br)c1. The Bertz CT molecular complexity index is 558. The standard InChI is InChI=1S/C14H13BrF2N2/c15-12-7-9(1-6-13(12)17)14(8-18)19-11-4-2-10(16)3-5-11/h1-7,14,19H,8,18H2. The molecule has 5 heteroatoms. The fourth-order valence-electron chi connectivity index (χ4n) is 1.75. The number of rotatable bonds is 4. The van der Waals surface area contributed by atoms with Crippen LogP contribution in [-0.2, 0) is 0 Å². The van der Waals surface area contributed by atoms with Gasteiger partial charge in [0.25, 0.3) is 0 Å². The molecule has 0 aliphatic rings. The highest BCUT2D eigenvalue weighted by molar-refractivity contribution is 9.10. The average molecular weight is 327 g/mol. The molecule has 0 heterocycles. The van der Waals surface area contributed by atoms with Crippen LogP contribution >= 0.6 is 15.9 Å². The number of nitrogens with one attached hydrogen (secondary N) is 1. The van der Waals surface area contributed by atoms with Crippen LogP contribution < -0.4 is 11.1 Å². The lowest BCUT2D eigenvalue weighted by Gasteiger charge is -2.19. The summed E-state index contributed by atoms with van der Waals surface area (Å²) in [5.74, 6) is -0.610. The molecule has 1 atom stereocenters. The molecule has 0 amide bonds. The van der Waals surface area contributed by atoms with Gasteiger partial charge in [0, 0.05) is 12.2 Å². The number of nitrogens with two attached hydrogens (primary N) is 1. The lowest BCUT2D eigenvalue weighted by atomic mass is 10.1. The fraction of sp³-hybridized carbons (Fsp3) is 0.143. The molecule has 2 aromatic carbocycles. The van der Waals surface area contributed by atoms with Crippen molar-refractivity contribution in [1.82, 2.24) is 0 Å². The zero-order valence-corrected chi connectivity index (χ0v) is 11.6. The van der Waals surface area contributed by atoms with Gasteiger partial charge >= 0.3 is 0 Å². The summed E-state index contributed by atoms with van der Waals surface area (Å²) in [6, 6.07) is 10.6. The number of halogens is 3. The van der Waals surface area contributed by atoms with Gasteiger partial charge in [0.2, 0.25) is 0 Å². The minimum Gasteiger partial charge on any atom is -0.377 e. The van der Waals surface area contributed by atoms with Crippen molar-refractivity contribution in [2.24, 2.45) is 5.73 Å². The Kier molecular flexibility index (Phi) is 4.50. The maximum absolute atomic E-state index is 13.2. The van der Waals surface area contributed by atoms with Crippen LogP contribution in [0.25, 0.3) is 0 Å². The van der Waals surface area contributed by atoms with Crippen molar-refractivity contribution < 1.29 is 8.78 Å². The zero-order valence-electron chi connectivity index (χ0n) is 10.0. The predicted molar refractivity (Wildman–Crippen MR) is 75.9 cm³/mol. The van der Waals surface area contributed by atoms with E-state index in [0.29, 0.717) is 11.0 Å². The van der Waals surface area contributed by atoms with Crippen LogP contribution in [0.2, 0.25) is 0 Å². The van der Waals surface area contributed by atoms with E-state index in [2.05, 4.69) is 21.2 Å². The molecule has 0 fully saturated rings. The van der Waals surface area contributed by atoms with Gasteiger partial charge in [-0.05, 0) is 57.9 Å². The lowest BCUT2D eigenvalue weighted by Crippen LogP contribution is -2.20. The molecule has 3 N–H and O–H groups in total. The van der Waals surface area contributed by atoms with Crippen molar-refractivity contribution in [1.29, 1.82) is 0 Å². The summed E-state index contributed by atoms with van der Waals surface area (Å²) in [6.07, 6.45) is 0. The van der Waals surface area contributed by atoms with Crippen LogP contribution in [0.4, 0.5) is 14.5 Å². The second kappa shape index (κ2) is 6.12. The van der Waals surface area contributed by atoms with E-state index in [0.717, 1.165) is 11.3 Å². The van der Waals surface area contributed by atoms with E-state index in [9.17, 15) is 8.78 Å². The molecule has 0 aromatic heterocycles. The molecule has 0 saturated carbocycles. The highest BCUT2D eigenvalue weighted by Crippen LogP contribution is 2.24. The minimum absolute atomic E-state index is 0.164. The molecular formula is C14H13BrF2N2. The topological polar surface area (TPSA) is 38.0 Å². The van der Waals surface area contributed by atoms with Crippen LogP contribution in [0.1, 0.15) is 11.6 Å². The van der Waals surface area contributed by atoms with E-state index < -0.39 is 0 Å². The summed E-state index contributed by atoms with van der Waals surface area (Å²) < 4.78 is 26.4. The summed E-state index contributed by atoms with van der Waals surface area (Å²) >= 11 is 3.15. The quantitative estimate of drug-likeness (QED) is 0.895. The maximum Gasteiger partial charge on any atom is 0.137 e. The summed E-state index contributed by atoms with van der Waals surface area (Å²) in [7, 11) is 0. The molecule has 100 valence electrons. The third kappa shape index (κ3) is 3.52. The molecule has 1 unspecified atom stereocenters. The van der Waals surface area contributed by atoms with Gasteiger partial charge in [-0.25, -0.2) is 8.78 Å². The Hall–Kier alpha value is -1.46. The number of hydrogen-bond donors (Lipinski definition) is 2. The molecule has 2 rings (SSSR count). The Balaban J connectivity index is 2.19. The summed E-state index contributed by atoms with van der Waals surface area (Å²) in [5.41, 5.74) is 7.35. The van der Waals surface area contributed by atoms with Crippen molar-refractivity contribution in [3.05, 3.63) is 64.1 Å². The van der Waals surface area contributed by atoms with Gasteiger partial charge in [-0.2, -0.15) is 0 Å². The smallest absolute Gasteiger partial charge is 0.137 e. The largest absolute Gasteiger partial charge is 0.377 e. The van der Waals surface area contributed by atoms with Gasteiger partial charge in [-0.1, -0.05) is 6.07 Å². The van der Waals surface area contributed by atoms with Crippen molar-refractivity contribution in [2.75, 3.05) is 11.9 Å². The molecule has 0 radical (unpaired) electrons. The molecule has 0 saturated heterocycles. The van der Waals surface area contributed by atoms with E-state index in [4.69, 9.17) is 5.73 Å². The fourth-order valence-corrected chi connectivity index (χ4v) is 2.15. The zero-order chi connectivity index (χ0) is 13.8. The molecule has 0 aliphatic heterocycles. The molecule has 0 spiro atoms. The third-order valence-corrected chi connectivity index (χ3v) is 3.37. The van der Waals surface area contributed by atoms with Gasteiger partial charge in [0.1, 0.15) is 11.6 Å². The summed E-state index contributed by atoms with van der Waals surface area (Å²) in [4.78, 5) is 0. The molecule has 2 aromatic rings. The monoisotopic (exact) mass is 326 g/mol. The Morgan fingerprint density at radius 3 is 2.37 bits per heavy atom. The van der Waals surface area contributed by atoms with Crippen LogP contribution in [0, 0.1) is 11.6 Å². The average Bonchev–Trinajstić information content (AvgIpc) is 2.41. The second-order valence-electron chi connectivity index (χ2n) is 4.11. The van der Waals surface area contributed by atoms with Crippen molar-refractivity contribution >= 4 is 21.6 Å². The first kappa shape index (κ1) is 14.0. The number of benzene rings is 2. The van der Waals surface area contributed by atoms with E-state index in [1.54, 1.807) is 24.3 Å². The summed E-state index contributed by atoms with van der Waals surface area (Å²) in [5, 5.41) is 3.18. The highest BCUT2D eigenvalue weighted by atomic mass is 79.9. The summed E-state index contributed by atoms with van der Waals surface area (Å²) in [6.45, 7) is 0.343. The molecule has 0 bridgehead atoms. The van der Waals surface area contributed by atoms with Crippen molar-refractivity contribution in [3.8, 4) is 0 Å². The van der Waals surface area contributed by atoms with Crippen LogP contribution in [0.5, 0.6) is 0 Å². The van der Waals surface area contributed by atoms with E-state index in [1.165, 1.54) is 18.2 Å². The molecule has 2 nitrogen and oxygen atoms in total. The van der Waals surface area contributed by atoms with E-state index >= 15 is 0 Å². The molecular weight excluding hydrogens is 314 g/mol. The number of hydrogen-bond acceptors (Lipinski definition) is 2. The normalized spacial score (nSPS) is 12.2. The highest BCUT2D eigenvalue weighted by Gasteiger charge is 2.11.